The lowest BCUT2D eigenvalue weighted by atomic mass is 10.00. The molecule has 0 N–H and O–H groups in total. The first-order chi connectivity index (χ1) is 12.0. The van der Waals surface area contributed by atoms with Gasteiger partial charge in [0, 0.05) is 6.42 Å². The predicted molar refractivity (Wildman–Crippen MR) is 96.6 cm³/mol. The van der Waals surface area contributed by atoms with Gasteiger partial charge in [-0.1, -0.05) is 54.1 Å². The number of benzene rings is 2. The molecule has 0 amide bonds. The molecule has 0 aliphatic heterocycles. The first-order valence-corrected chi connectivity index (χ1v) is 9.71. The van der Waals surface area contributed by atoms with Gasteiger partial charge in [-0.25, -0.2) is 8.42 Å². The van der Waals surface area contributed by atoms with Gasteiger partial charge in [-0.2, -0.15) is 0 Å². The minimum absolute atomic E-state index is 0.128. The van der Waals surface area contributed by atoms with Crippen molar-refractivity contribution in [1.29, 1.82) is 0 Å². The zero-order valence-corrected chi connectivity index (χ0v) is 14.8. The molecule has 0 radical (unpaired) electrons. The number of methoxy groups -OCH3 is 1. The maximum atomic E-state index is 13.0. The van der Waals surface area contributed by atoms with Crippen LogP contribution >= 0.6 is 0 Å². The van der Waals surface area contributed by atoms with Crippen LogP contribution in [0.1, 0.15) is 24.8 Å². The molecule has 1 fully saturated rings. The molecule has 1 unspecified atom stereocenters. The molecule has 3 rings (SSSR count). The summed E-state index contributed by atoms with van der Waals surface area (Å²) in [6, 6.07) is 17.7. The van der Waals surface area contributed by atoms with Gasteiger partial charge in [-0.05, 0) is 36.1 Å². The molecule has 0 saturated heterocycles. The summed E-state index contributed by atoms with van der Waals surface area (Å²) in [5.41, 5.74) is 3.12. The average Bonchev–Trinajstić information content (AvgIpc) is 3.48. The lowest BCUT2D eigenvalue weighted by molar-refractivity contribution is -0.140. The van der Waals surface area contributed by atoms with E-state index in [1.54, 1.807) is 18.2 Å². The first kappa shape index (κ1) is 17.4. The highest BCUT2D eigenvalue weighted by Gasteiger charge is 2.37. The lowest BCUT2D eigenvalue weighted by Gasteiger charge is -2.18. The Morgan fingerprint density at radius 3 is 2.08 bits per heavy atom. The van der Waals surface area contributed by atoms with Gasteiger partial charge in [-0.15, -0.1) is 0 Å². The molecule has 1 atom stereocenters. The van der Waals surface area contributed by atoms with E-state index >= 15 is 0 Å². The molecular weight excluding hydrogens is 336 g/mol. The molecule has 130 valence electrons. The smallest absolute Gasteiger partial charge is 0.324 e. The maximum Gasteiger partial charge on any atom is 0.324 e. The van der Waals surface area contributed by atoms with Gasteiger partial charge in [0.25, 0.3) is 0 Å². The molecule has 0 spiro atoms. The fourth-order valence-corrected chi connectivity index (χ4v) is 4.48. The molecule has 2 aromatic rings. The summed E-state index contributed by atoms with van der Waals surface area (Å²) in [5, 5.41) is -1.25. The van der Waals surface area contributed by atoms with Crippen LogP contribution in [0.3, 0.4) is 0 Å². The summed E-state index contributed by atoms with van der Waals surface area (Å²) < 4.78 is 30.9. The Bertz CT molecular complexity index is 878. The fourth-order valence-electron chi connectivity index (χ4n) is 2.88. The minimum Gasteiger partial charge on any atom is -0.468 e. The van der Waals surface area contributed by atoms with Crippen molar-refractivity contribution in [3.8, 4) is 0 Å². The SMILES string of the molecule is COC(=O)C(CC(=C1CC1)c1ccccc1)S(=O)(=O)c1ccccc1. The summed E-state index contributed by atoms with van der Waals surface area (Å²) in [6.45, 7) is 0. The van der Waals surface area contributed by atoms with Crippen LogP contribution in [0.5, 0.6) is 0 Å². The van der Waals surface area contributed by atoms with Crippen LogP contribution in [0.2, 0.25) is 0 Å². The van der Waals surface area contributed by atoms with Crippen LogP contribution in [0.25, 0.3) is 5.57 Å². The van der Waals surface area contributed by atoms with Crippen molar-refractivity contribution in [3.63, 3.8) is 0 Å². The average molecular weight is 356 g/mol. The largest absolute Gasteiger partial charge is 0.468 e. The number of sulfone groups is 1. The summed E-state index contributed by atoms with van der Waals surface area (Å²) in [5.74, 6) is -0.724. The lowest BCUT2D eigenvalue weighted by Crippen LogP contribution is -2.32. The molecule has 4 nitrogen and oxygen atoms in total. The van der Waals surface area contributed by atoms with E-state index in [-0.39, 0.29) is 11.3 Å². The van der Waals surface area contributed by atoms with Gasteiger partial charge >= 0.3 is 5.97 Å². The van der Waals surface area contributed by atoms with Crippen molar-refractivity contribution in [2.45, 2.75) is 29.4 Å². The van der Waals surface area contributed by atoms with Crippen LogP contribution in [0.4, 0.5) is 0 Å². The normalized spacial score (nSPS) is 14.7. The third-order valence-corrected chi connectivity index (χ3v) is 6.39. The van der Waals surface area contributed by atoms with Crippen LogP contribution in [0.15, 0.2) is 71.1 Å². The van der Waals surface area contributed by atoms with Crippen molar-refractivity contribution >= 4 is 21.4 Å². The number of ether oxygens (including phenoxy) is 1. The molecule has 5 heteroatoms. The van der Waals surface area contributed by atoms with E-state index < -0.39 is 21.1 Å². The third kappa shape index (κ3) is 3.82. The van der Waals surface area contributed by atoms with Gasteiger partial charge < -0.3 is 4.74 Å². The van der Waals surface area contributed by atoms with Gasteiger partial charge in [0.05, 0.1) is 12.0 Å². The molecule has 1 saturated carbocycles. The third-order valence-electron chi connectivity index (χ3n) is 4.35. The van der Waals surface area contributed by atoms with Gasteiger partial charge in [-0.3, -0.25) is 4.79 Å². The summed E-state index contributed by atoms with van der Waals surface area (Å²) in [6.07, 6.45) is 2.02. The van der Waals surface area contributed by atoms with Crippen molar-refractivity contribution < 1.29 is 17.9 Å². The van der Waals surface area contributed by atoms with E-state index in [1.165, 1.54) is 24.8 Å². The van der Waals surface area contributed by atoms with Crippen molar-refractivity contribution in [3.05, 3.63) is 71.8 Å². The van der Waals surface area contributed by atoms with E-state index in [1.807, 2.05) is 30.3 Å². The van der Waals surface area contributed by atoms with Gasteiger partial charge in [0.1, 0.15) is 0 Å². The zero-order chi connectivity index (χ0) is 17.9. The maximum absolute atomic E-state index is 13.0. The molecule has 2 aromatic carbocycles. The van der Waals surface area contributed by atoms with Crippen LogP contribution in [-0.4, -0.2) is 26.7 Å². The van der Waals surface area contributed by atoms with Gasteiger partial charge in [0.15, 0.2) is 15.1 Å². The Balaban J connectivity index is 2.00. The molecule has 1 aliphatic rings. The monoisotopic (exact) mass is 356 g/mol. The number of hydrogen-bond acceptors (Lipinski definition) is 4. The van der Waals surface area contributed by atoms with Crippen LogP contribution in [0, 0.1) is 0 Å². The Morgan fingerprint density at radius 1 is 1.00 bits per heavy atom. The number of allylic oxidation sites excluding steroid dienone is 2. The van der Waals surface area contributed by atoms with E-state index in [0.29, 0.717) is 0 Å². The van der Waals surface area contributed by atoms with Crippen molar-refractivity contribution in [2.24, 2.45) is 0 Å². The van der Waals surface area contributed by atoms with E-state index in [4.69, 9.17) is 4.74 Å². The Labute approximate surface area is 148 Å². The molecule has 0 aromatic heterocycles. The van der Waals surface area contributed by atoms with Crippen molar-refractivity contribution in [1.82, 2.24) is 0 Å². The first-order valence-electron chi connectivity index (χ1n) is 8.17. The second-order valence-electron chi connectivity index (χ2n) is 6.02. The van der Waals surface area contributed by atoms with Gasteiger partial charge in [0.2, 0.25) is 0 Å². The summed E-state index contributed by atoms with van der Waals surface area (Å²) >= 11 is 0. The molecule has 1 aliphatic carbocycles. The van der Waals surface area contributed by atoms with E-state index in [2.05, 4.69) is 0 Å². The Morgan fingerprint density at radius 2 is 1.56 bits per heavy atom. The van der Waals surface area contributed by atoms with E-state index in [0.717, 1.165) is 24.0 Å². The zero-order valence-electron chi connectivity index (χ0n) is 14.0. The minimum atomic E-state index is -3.83. The Hall–Kier alpha value is -2.40. The predicted octanol–water partition coefficient (Wildman–Crippen LogP) is 3.64. The number of hydrogen-bond donors (Lipinski definition) is 0. The van der Waals surface area contributed by atoms with Crippen LogP contribution in [-0.2, 0) is 19.4 Å². The number of carbonyl (C=O) groups excluding carboxylic acids is 1. The molecule has 25 heavy (non-hydrogen) atoms. The molecule has 0 bridgehead atoms. The summed E-state index contributed by atoms with van der Waals surface area (Å²) in [4.78, 5) is 12.5. The van der Waals surface area contributed by atoms with Crippen LogP contribution < -0.4 is 0 Å². The highest BCUT2D eigenvalue weighted by Crippen LogP contribution is 2.40. The highest BCUT2D eigenvalue weighted by molar-refractivity contribution is 7.92. The fraction of sp³-hybridized carbons (Fsp3) is 0.250. The second kappa shape index (κ2) is 7.23. The quantitative estimate of drug-likeness (QED) is 0.742. The topological polar surface area (TPSA) is 60.4 Å². The number of carbonyl (C=O) groups is 1. The van der Waals surface area contributed by atoms with E-state index in [9.17, 15) is 13.2 Å². The number of esters is 1. The highest BCUT2D eigenvalue weighted by atomic mass is 32.2. The Kier molecular flexibility index (Phi) is 5.04. The second-order valence-corrected chi connectivity index (χ2v) is 8.15. The standard InChI is InChI=1S/C20H20O4S/c1-24-20(21)19(25(22,23)17-10-6-3-7-11-17)14-18(16-12-13-16)15-8-4-2-5-9-15/h2-11,19H,12-14H2,1H3. The number of rotatable bonds is 6. The summed E-state index contributed by atoms with van der Waals surface area (Å²) in [7, 11) is -2.61. The van der Waals surface area contributed by atoms with Crippen molar-refractivity contribution in [2.75, 3.05) is 7.11 Å². The molecule has 0 heterocycles. The molecular formula is C20H20O4S.